The van der Waals surface area contributed by atoms with Crippen LogP contribution in [0.25, 0.3) is 0 Å². The summed E-state index contributed by atoms with van der Waals surface area (Å²) in [7, 11) is 0. The number of amides is 2. The van der Waals surface area contributed by atoms with Crippen LogP contribution in [0.5, 0.6) is 11.5 Å². The minimum atomic E-state index is -0.487. The summed E-state index contributed by atoms with van der Waals surface area (Å²) in [6.45, 7) is 6.07. The molecule has 0 bridgehead atoms. The van der Waals surface area contributed by atoms with Gasteiger partial charge >= 0.3 is 0 Å². The fraction of sp³-hybridized carbons (Fsp3) is 0.440. The van der Waals surface area contributed by atoms with Gasteiger partial charge in [-0.25, -0.2) is 0 Å². The molecule has 0 saturated heterocycles. The van der Waals surface area contributed by atoms with Crippen LogP contribution in [0.4, 0.5) is 0 Å². The Labute approximate surface area is 184 Å². The maximum absolute atomic E-state index is 13.3. The number of rotatable bonds is 10. The summed E-state index contributed by atoms with van der Waals surface area (Å²) in [4.78, 5) is 27.8. The zero-order valence-electron chi connectivity index (χ0n) is 18.4. The van der Waals surface area contributed by atoms with Crippen LogP contribution in [-0.2, 0) is 22.6 Å². The summed E-state index contributed by atoms with van der Waals surface area (Å²) in [6, 6.07) is 15.1. The lowest BCUT2D eigenvalue weighted by molar-refractivity contribution is -0.141. The smallest absolute Gasteiger partial charge is 0.242 e. The summed E-state index contributed by atoms with van der Waals surface area (Å²) in [5.41, 5.74) is 2.03. The Bertz CT molecular complexity index is 869. The maximum Gasteiger partial charge on any atom is 0.242 e. The molecule has 166 valence electrons. The predicted molar refractivity (Wildman–Crippen MR) is 120 cm³/mol. The third kappa shape index (κ3) is 6.23. The Balaban J connectivity index is 1.72. The van der Waals surface area contributed by atoms with Crippen molar-refractivity contribution in [3.05, 3.63) is 59.7 Å². The van der Waals surface area contributed by atoms with Gasteiger partial charge in [0.05, 0.1) is 0 Å². The molecule has 2 amide bonds. The summed E-state index contributed by atoms with van der Waals surface area (Å²) in [6.07, 6.45) is 2.33. The van der Waals surface area contributed by atoms with Crippen molar-refractivity contribution in [3.63, 3.8) is 0 Å². The van der Waals surface area contributed by atoms with Gasteiger partial charge in [-0.15, -0.1) is 0 Å². The summed E-state index contributed by atoms with van der Waals surface area (Å²) in [5.74, 6) is 1.35. The van der Waals surface area contributed by atoms with Crippen LogP contribution in [0.15, 0.2) is 48.5 Å². The Morgan fingerprint density at radius 2 is 1.74 bits per heavy atom. The molecule has 0 aliphatic carbocycles. The molecule has 6 nitrogen and oxygen atoms in total. The lowest BCUT2D eigenvalue weighted by atomic mass is 10.1. The van der Waals surface area contributed by atoms with Gasteiger partial charge in [0.2, 0.25) is 11.8 Å². The van der Waals surface area contributed by atoms with Crippen LogP contribution in [0.3, 0.4) is 0 Å². The third-order valence-electron chi connectivity index (χ3n) is 5.37. The normalized spacial score (nSPS) is 13.4. The second-order valence-electron chi connectivity index (χ2n) is 7.70. The number of nitrogens with one attached hydrogen (secondary N) is 1. The lowest BCUT2D eigenvalue weighted by Gasteiger charge is -2.31. The van der Waals surface area contributed by atoms with Crippen LogP contribution in [0.2, 0.25) is 0 Å². The van der Waals surface area contributed by atoms with Gasteiger partial charge in [0.15, 0.2) is 11.5 Å². The van der Waals surface area contributed by atoms with E-state index < -0.39 is 6.04 Å². The van der Waals surface area contributed by atoms with Crippen molar-refractivity contribution < 1.29 is 19.1 Å². The molecule has 3 rings (SSSR count). The van der Waals surface area contributed by atoms with E-state index in [1.807, 2.05) is 62.4 Å². The Hall–Kier alpha value is -3.02. The van der Waals surface area contributed by atoms with E-state index >= 15 is 0 Å². The standard InChI is InChI=1S/C25H32N2O4/c1-3-14-26-25(29)21(4-2)27(18-20-8-6-5-7-9-20)24(28)13-11-19-10-12-22-23(17-19)31-16-15-30-22/h5-10,12,17,21H,3-4,11,13-16,18H2,1-2H3,(H,26,29)/t21-/m0/s1. The van der Waals surface area contributed by atoms with Crippen molar-refractivity contribution in [2.45, 2.75) is 52.1 Å². The van der Waals surface area contributed by atoms with Gasteiger partial charge in [-0.05, 0) is 42.5 Å². The van der Waals surface area contributed by atoms with Crippen LogP contribution in [-0.4, -0.2) is 42.5 Å². The fourth-order valence-electron chi connectivity index (χ4n) is 3.70. The molecule has 1 aliphatic rings. The van der Waals surface area contributed by atoms with Crippen LogP contribution in [0, 0.1) is 0 Å². The largest absolute Gasteiger partial charge is 0.486 e. The first kappa shape index (κ1) is 22.7. The number of benzene rings is 2. The molecule has 1 N–H and O–H groups in total. The van der Waals surface area contributed by atoms with Gasteiger partial charge in [-0.2, -0.15) is 0 Å². The molecule has 0 saturated carbocycles. The van der Waals surface area contributed by atoms with Crippen molar-refractivity contribution in [1.82, 2.24) is 10.2 Å². The van der Waals surface area contributed by atoms with Crippen molar-refractivity contribution in [2.75, 3.05) is 19.8 Å². The maximum atomic E-state index is 13.3. The fourth-order valence-corrected chi connectivity index (χ4v) is 3.70. The minimum Gasteiger partial charge on any atom is -0.486 e. The van der Waals surface area contributed by atoms with Gasteiger partial charge < -0.3 is 19.7 Å². The summed E-state index contributed by atoms with van der Waals surface area (Å²) in [5, 5.41) is 2.95. The third-order valence-corrected chi connectivity index (χ3v) is 5.37. The summed E-state index contributed by atoms with van der Waals surface area (Å²) >= 11 is 0. The van der Waals surface area contributed by atoms with Crippen LogP contribution >= 0.6 is 0 Å². The highest BCUT2D eigenvalue weighted by atomic mass is 16.6. The van der Waals surface area contributed by atoms with Crippen molar-refractivity contribution in [3.8, 4) is 11.5 Å². The number of hydrogen-bond donors (Lipinski definition) is 1. The molecule has 1 aliphatic heterocycles. The number of fused-ring (bicyclic) bond motifs is 1. The minimum absolute atomic E-state index is 0.0303. The predicted octanol–water partition coefficient (Wildman–Crippen LogP) is 3.72. The average molecular weight is 425 g/mol. The van der Waals surface area contributed by atoms with Gasteiger partial charge in [0.1, 0.15) is 19.3 Å². The van der Waals surface area contributed by atoms with E-state index in [1.165, 1.54) is 0 Å². The SMILES string of the molecule is CCCNC(=O)[C@H](CC)N(Cc1ccccc1)C(=O)CCc1ccc2c(c1)OCCO2. The zero-order valence-corrected chi connectivity index (χ0v) is 18.4. The quantitative estimate of drug-likeness (QED) is 0.631. The van der Waals surface area contributed by atoms with Gasteiger partial charge in [0, 0.05) is 19.5 Å². The molecule has 1 atom stereocenters. The Morgan fingerprint density at radius 1 is 1.00 bits per heavy atom. The summed E-state index contributed by atoms with van der Waals surface area (Å²) < 4.78 is 11.2. The molecule has 0 spiro atoms. The Morgan fingerprint density at radius 3 is 2.45 bits per heavy atom. The van der Waals surface area contributed by atoms with E-state index in [1.54, 1.807) is 4.90 Å². The second kappa shape index (κ2) is 11.4. The highest BCUT2D eigenvalue weighted by Gasteiger charge is 2.28. The number of carbonyl (C=O) groups excluding carboxylic acids is 2. The van der Waals surface area contributed by atoms with Crippen molar-refractivity contribution in [1.29, 1.82) is 0 Å². The van der Waals surface area contributed by atoms with E-state index in [0.29, 0.717) is 45.6 Å². The van der Waals surface area contributed by atoms with Crippen molar-refractivity contribution in [2.24, 2.45) is 0 Å². The molecule has 0 unspecified atom stereocenters. The van der Waals surface area contributed by atoms with Gasteiger partial charge in [0.25, 0.3) is 0 Å². The second-order valence-corrected chi connectivity index (χ2v) is 7.70. The number of hydrogen-bond acceptors (Lipinski definition) is 4. The Kier molecular flexibility index (Phi) is 8.33. The average Bonchev–Trinajstić information content (AvgIpc) is 2.81. The van der Waals surface area contributed by atoms with Crippen molar-refractivity contribution >= 4 is 11.8 Å². The first-order valence-electron chi connectivity index (χ1n) is 11.1. The van der Waals surface area contributed by atoms with E-state index in [0.717, 1.165) is 29.0 Å². The van der Waals surface area contributed by atoms with Gasteiger partial charge in [-0.3, -0.25) is 9.59 Å². The molecule has 1 heterocycles. The first-order valence-corrected chi connectivity index (χ1v) is 11.1. The molecule has 31 heavy (non-hydrogen) atoms. The van der Waals surface area contributed by atoms with Crippen LogP contribution in [0.1, 0.15) is 44.2 Å². The van der Waals surface area contributed by atoms with E-state index in [9.17, 15) is 9.59 Å². The van der Waals surface area contributed by atoms with E-state index in [-0.39, 0.29) is 11.8 Å². The first-order chi connectivity index (χ1) is 15.1. The topological polar surface area (TPSA) is 67.9 Å². The molecule has 0 radical (unpaired) electrons. The molecule has 2 aromatic rings. The van der Waals surface area contributed by atoms with E-state index in [2.05, 4.69) is 5.32 Å². The van der Waals surface area contributed by atoms with E-state index in [4.69, 9.17) is 9.47 Å². The number of ether oxygens (including phenoxy) is 2. The molecule has 0 fully saturated rings. The number of aryl methyl sites for hydroxylation is 1. The molecular weight excluding hydrogens is 392 g/mol. The highest BCUT2D eigenvalue weighted by molar-refractivity contribution is 5.87. The van der Waals surface area contributed by atoms with Gasteiger partial charge in [-0.1, -0.05) is 50.2 Å². The zero-order chi connectivity index (χ0) is 22.1. The monoisotopic (exact) mass is 424 g/mol. The number of nitrogens with zero attached hydrogens (tertiary/aromatic N) is 1. The number of carbonyl (C=O) groups is 2. The molecule has 6 heteroatoms. The lowest BCUT2D eigenvalue weighted by Crippen LogP contribution is -2.49. The van der Waals surface area contributed by atoms with Crippen LogP contribution < -0.4 is 14.8 Å². The molecule has 0 aromatic heterocycles. The highest BCUT2D eigenvalue weighted by Crippen LogP contribution is 2.31. The molecule has 2 aromatic carbocycles. The molecular formula is C25H32N2O4.